The highest BCUT2D eigenvalue weighted by atomic mass is 35.5. The zero-order valence-corrected chi connectivity index (χ0v) is 12.2. The van der Waals surface area contributed by atoms with Crippen molar-refractivity contribution in [3.8, 4) is 5.69 Å². The van der Waals surface area contributed by atoms with Crippen molar-refractivity contribution in [2.75, 3.05) is 5.88 Å². The zero-order chi connectivity index (χ0) is 15.0. The molecule has 0 spiro atoms. The van der Waals surface area contributed by atoms with Crippen LogP contribution in [0, 0.1) is 18.6 Å². The van der Waals surface area contributed by atoms with Crippen LogP contribution in [0.2, 0.25) is 0 Å². The number of hydrogen-bond acceptors (Lipinski definition) is 1. The molecule has 1 heterocycles. The van der Waals surface area contributed by atoms with E-state index in [1.165, 1.54) is 12.1 Å². The molecule has 108 valence electrons. The van der Waals surface area contributed by atoms with Gasteiger partial charge in [-0.3, -0.25) is 4.57 Å². The lowest BCUT2D eigenvalue weighted by Gasteiger charge is -2.12. The Labute approximate surface area is 126 Å². The molecule has 2 nitrogen and oxygen atoms in total. The van der Waals surface area contributed by atoms with Crippen molar-refractivity contribution in [1.29, 1.82) is 0 Å². The molecule has 0 saturated heterocycles. The second kappa shape index (κ2) is 5.45. The Balaban J connectivity index is 2.40. The first-order valence-electron chi connectivity index (χ1n) is 6.60. The maximum Gasteiger partial charge on any atom is 0.151 e. The van der Waals surface area contributed by atoms with Gasteiger partial charge in [-0.25, -0.2) is 13.8 Å². The van der Waals surface area contributed by atoms with Crippen LogP contribution in [-0.2, 0) is 6.42 Å². The average molecular weight is 307 g/mol. The predicted octanol–water partition coefficient (Wildman–Crippen LogP) is 4.39. The molecule has 3 rings (SSSR count). The van der Waals surface area contributed by atoms with Gasteiger partial charge >= 0.3 is 0 Å². The number of aromatic nitrogens is 2. The molecule has 0 N–H and O–H groups in total. The van der Waals surface area contributed by atoms with Gasteiger partial charge in [0.25, 0.3) is 0 Å². The summed E-state index contributed by atoms with van der Waals surface area (Å²) in [6, 6.07) is 9.52. The minimum atomic E-state index is -0.420. The number of benzene rings is 2. The van der Waals surface area contributed by atoms with Crippen LogP contribution in [0.5, 0.6) is 0 Å². The standard InChI is InChI=1S/C16H13ClF2N2/c1-10-4-2-6-12(19)16(10)21-13-7-3-5-11(18)15(13)20-14(21)8-9-17/h2-7H,8-9H2,1H3. The third-order valence-corrected chi connectivity index (χ3v) is 3.62. The van der Waals surface area contributed by atoms with Crippen LogP contribution in [0.3, 0.4) is 0 Å². The largest absolute Gasteiger partial charge is 0.293 e. The lowest BCUT2D eigenvalue weighted by Crippen LogP contribution is -2.06. The Morgan fingerprint density at radius 1 is 1.10 bits per heavy atom. The molecule has 0 bridgehead atoms. The van der Waals surface area contributed by atoms with Gasteiger partial charge in [0.1, 0.15) is 17.2 Å². The molecule has 0 unspecified atom stereocenters. The van der Waals surface area contributed by atoms with E-state index in [1.54, 1.807) is 22.8 Å². The van der Waals surface area contributed by atoms with Gasteiger partial charge in [0, 0.05) is 12.3 Å². The number of hydrogen-bond donors (Lipinski definition) is 0. The van der Waals surface area contributed by atoms with E-state index in [1.807, 2.05) is 13.0 Å². The number of alkyl halides is 1. The van der Waals surface area contributed by atoms with Crippen molar-refractivity contribution in [1.82, 2.24) is 9.55 Å². The van der Waals surface area contributed by atoms with Crippen molar-refractivity contribution in [3.63, 3.8) is 0 Å². The fraction of sp³-hybridized carbons (Fsp3) is 0.188. The zero-order valence-electron chi connectivity index (χ0n) is 11.4. The normalized spacial score (nSPS) is 11.2. The van der Waals surface area contributed by atoms with Crippen molar-refractivity contribution in [2.24, 2.45) is 0 Å². The van der Waals surface area contributed by atoms with E-state index in [-0.39, 0.29) is 11.3 Å². The summed E-state index contributed by atoms with van der Waals surface area (Å²) in [5.41, 5.74) is 1.93. The second-order valence-corrected chi connectivity index (χ2v) is 5.19. The SMILES string of the molecule is Cc1cccc(F)c1-n1c(CCCl)nc2c(F)cccc21. The quantitative estimate of drug-likeness (QED) is 0.656. The molecule has 0 saturated carbocycles. The van der Waals surface area contributed by atoms with Crippen LogP contribution in [0.25, 0.3) is 16.7 Å². The van der Waals surface area contributed by atoms with E-state index < -0.39 is 5.82 Å². The third-order valence-electron chi connectivity index (χ3n) is 3.44. The highest BCUT2D eigenvalue weighted by Crippen LogP contribution is 2.27. The Kier molecular flexibility index (Phi) is 3.64. The van der Waals surface area contributed by atoms with Crippen LogP contribution in [0.4, 0.5) is 8.78 Å². The fourth-order valence-electron chi connectivity index (χ4n) is 2.52. The monoisotopic (exact) mass is 306 g/mol. The molecule has 0 aliphatic carbocycles. The number of rotatable bonds is 3. The number of halogens is 3. The number of fused-ring (bicyclic) bond motifs is 1. The maximum absolute atomic E-state index is 14.3. The summed E-state index contributed by atoms with van der Waals surface area (Å²) in [5.74, 6) is 0.0991. The molecule has 0 aliphatic rings. The molecule has 0 fully saturated rings. The van der Waals surface area contributed by atoms with Gasteiger partial charge in [-0.15, -0.1) is 11.6 Å². The van der Waals surface area contributed by atoms with Crippen molar-refractivity contribution in [3.05, 3.63) is 59.4 Å². The van der Waals surface area contributed by atoms with Crippen LogP contribution < -0.4 is 0 Å². The second-order valence-electron chi connectivity index (χ2n) is 4.82. The van der Waals surface area contributed by atoms with Crippen LogP contribution in [-0.4, -0.2) is 15.4 Å². The smallest absolute Gasteiger partial charge is 0.151 e. The van der Waals surface area contributed by atoms with E-state index in [9.17, 15) is 8.78 Å². The molecule has 1 aromatic heterocycles. The Morgan fingerprint density at radius 2 is 1.81 bits per heavy atom. The minimum absolute atomic E-state index is 0.236. The number of aryl methyl sites for hydroxylation is 2. The van der Waals surface area contributed by atoms with Gasteiger partial charge < -0.3 is 0 Å². The number of para-hydroxylation sites is 2. The van der Waals surface area contributed by atoms with Gasteiger partial charge in [-0.05, 0) is 30.7 Å². The molecule has 21 heavy (non-hydrogen) atoms. The third kappa shape index (κ3) is 2.29. The fourth-order valence-corrected chi connectivity index (χ4v) is 2.69. The first-order chi connectivity index (χ1) is 10.1. The minimum Gasteiger partial charge on any atom is -0.293 e. The summed E-state index contributed by atoms with van der Waals surface area (Å²) in [4.78, 5) is 4.30. The van der Waals surface area contributed by atoms with E-state index >= 15 is 0 Å². The van der Waals surface area contributed by atoms with Gasteiger partial charge in [-0.1, -0.05) is 18.2 Å². The van der Waals surface area contributed by atoms with Gasteiger partial charge in [0.15, 0.2) is 5.82 Å². The molecule has 0 amide bonds. The number of nitrogens with zero attached hydrogens (tertiary/aromatic N) is 2. The van der Waals surface area contributed by atoms with E-state index in [2.05, 4.69) is 4.98 Å². The van der Waals surface area contributed by atoms with Crippen LogP contribution >= 0.6 is 11.6 Å². The molecule has 3 aromatic rings. The molecular weight excluding hydrogens is 294 g/mol. The van der Waals surface area contributed by atoms with Crippen LogP contribution in [0.1, 0.15) is 11.4 Å². The van der Waals surface area contributed by atoms with Gasteiger partial charge in [-0.2, -0.15) is 0 Å². The summed E-state index contributed by atoms with van der Waals surface area (Å²) in [5, 5.41) is 0. The summed E-state index contributed by atoms with van der Waals surface area (Å²) < 4.78 is 29.9. The summed E-state index contributed by atoms with van der Waals surface area (Å²) in [6.45, 7) is 1.81. The highest BCUT2D eigenvalue weighted by molar-refractivity contribution is 6.17. The van der Waals surface area contributed by atoms with E-state index in [0.717, 1.165) is 5.56 Å². The topological polar surface area (TPSA) is 17.8 Å². The molecule has 5 heteroatoms. The molecule has 0 atom stereocenters. The van der Waals surface area contributed by atoms with Crippen molar-refractivity contribution < 1.29 is 8.78 Å². The van der Waals surface area contributed by atoms with Gasteiger partial charge in [0.2, 0.25) is 0 Å². The maximum atomic E-state index is 14.3. The summed E-state index contributed by atoms with van der Waals surface area (Å²) in [6.07, 6.45) is 0.434. The van der Waals surface area contributed by atoms with E-state index in [4.69, 9.17) is 11.6 Å². The highest BCUT2D eigenvalue weighted by Gasteiger charge is 2.18. The first kappa shape index (κ1) is 14.0. The molecule has 0 aliphatic heterocycles. The lowest BCUT2D eigenvalue weighted by molar-refractivity contribution is 0.615. The molecule has 0 radical (unpaired) electrons. The van der Waals surface area contributed by atoms with Crippen molar-refractivity contribution in [2.45, 2.75) is 13.3 Å². The summed E-state index contributed by atoms with van der Waals surface area (Å²) in [7, 11) is 0. The van der Waals surface area contributed by atoms with Gasteiger partial charge in [0.05, 0.1) is 11.2 Å². The average Bonchev–Trinajstić information content (AvgIpc) is 2.80. The molecule has 2 aromatic carbocycles. The Hall–Kier alpha value is -1.94. The Morgan fingerprint density at radius 3 is 2.52 bits per heavy atom. The molecular formula is C16H13ClF2N2. The summed E-state index contributed by atoms with van der Waals surface area (Å²) >= 11 is 5.80. The van der Waals surface area contributed by atoms with E-state index in [0.29, 0.717) is 29.3 Å². The lowest BCUT2D eigenvalue weighted by atomic mass is 10.1. The number of imidazole rings is 1. The van der Waals surface area contributed by atoms with Crippen LogP contribution in [0.15, 0.2) is 36.4 Å². The predicted molar refractivity (Wildman–Crippen MR) is 80.1 cm³/mol. The Bertz CT molecular complexity index is 791. The first-order valence-corrected chi connectivity index (χ1v) is 7.14. The van der Waals surface area contributed by atoms with Crippen molar-refractivity contribution >= 4 is 22.6 Å².